The van der Waals surface area contributed by atoms with Gasteiger partial charge >= 0.3 is 0 Å². The van der Waals surface area contributed by atoms with Crippen LogP contribution in [0.4, 0.5) is 5.69 Å². The lowest BCUT2D eigenvalue weighted by atomic mass is 10.2. The van der Waals surface area contributed by atoms with Gasteiger partial charge in [0.05, 0.1) is 10.7 Å². The summed E-state index contributed by atoms with van der Waals surface area (Å²) >= 11 is 24.4. The van der Waals surface area contributed by atoms with Crippen molar-refractivity contribution in [1.82, 2.24) is 0 Å². The van der Waals surface area contributed by atoms with Crippen molar-refractivity contribution in [2.45, 2.75) is 13.2 Å². The van der Waals surface area contributed by atoms with Crippen LogP contribution in [0.1, 0.15) is 11.1 Å². The van der Waals surface area contributed by atoms with Crippen molar-refractivity contribution in [3.63, 3.8) is 0 Å². The molecule has 0 atom stereocenters. The largest absolute Gasteiger partial charge is 0.488 e. The summed E-state index contributed by atoms with van der Waals surface area (Å²) in [5, 5.41) is 5.70. The molecule has 0 saturated carbocycles. The van der Waals surface area contributed by atoms with E-state index in [1.807, 2.05) is 30.3 Å². The van der Waals surface area contributed by atoms with Gasteiger partial charge in [-0.1, -0.05) is 70.7 Å². The van der Waals surface area contributed by atoms with Gasteiger partial charge in [0.2, 0.25) is 0 Å². The predicted molar refractivity (Wildman–Crippen MR) is 111 cm³/mol. The lowest BCUT2D eigenvalue weighted by Gasteiger charge is -2.14. The van der Waals surface area contributed by atoms with Crippen LogP contribution in [0.15, 0.2) is 60.7 Å². The molecular weight excluding hydrogens is 412 g/mol. The van der Waals surface area contributed by atoms with Crippen molar-refractivity contribution < 1.29 is 4.74 Å². The Hall–Kier alpha value is -1.58. The number of benzene rings is 3. The second-order valence-corrected chi connectivity index (χ2v) is 7.30. The van der Waals surface area contributed by atoms with E-state index in [9.17, 15) is 0 Å². The maximum Gasteiger partial charge on any atom is 0.124 e. The van der Waals surface area contributed by atoms with Crippen LogP contribution in [0.3, 0.4) is 0 Å². The molecule has 0 aromatic heterocycles. The van der Waals surface area contributed by atoms with Crippen molar-refractivity contribution >= 4 is 52.1 Å². The Morgan fingerprint density at radius 3 is 2.27 bits per heavy atom. The molecule has 6 heteroatoms. The standard InChI is InChI=1S/C20H15Cl4NO/c21-15-6-5-14(18(24)9-15)12-26-20-4-2-1-3-13(20)11-25-19-10-16(22)7-8-17(19)23/h1-10,25H,11-12H2. The number of hydrogen-bond donors (Lipinski definition) is 1. The number of rotatable bonds is 6. The molecule has 0 unspecified atom stereocenters. The summed E-state index contributed by atoms with van der Waals surface area (Å²) in [6, 6.07) is 18.5. The summed E-state index contributed by atoms with van der Waals surface area (Å²) in [7, 11) is 0. The SMILES string of the molecule is Clc1ccc(COc2ccccc2CNc2cc(Cl)ccc2Cl)c(Cl)c1. The van der Waals surface area contributed by atoms with E-state index in [1.165, 1.54) is 0 Å². The molecule has 0 bridgehead atoms. The van der Waals surface area contributed by atoms with Crippen LogP contribution < -0.4 is 10.1 Å². The third kappa shape index (κ3) is 4.99. The minimum absolute atomic E-state index is 0.352. The van der Waals surface area contributed by atoms with Crippen LogP contribution in [0.2, 0.25) is 20.1 Å². The minimum atomic E-state index is 0.352. The normalized spacial score (nSPS) is 10.6. The van der Waals surface area contributed by atoms with E-state index in [4.69, 9.17) is 51.1 Å². The monoisotopic (exact) mass is 425 g/mol. The lowest BCUT2D eigenvalue weighted by Crippen LogP contribution is -2.04. The van der Waals surface area contributed by atoms with Gasteiger partial charge in [0.25, 0.3) is 0 Å². The molecule has 2 nitrogen and oxygen atoms in total. The van der Waals surface area contributed by atoms with Crippen LogP contribution in [-0.4, -0.2) is 0 Å². The highest BCUT2D eigenvalue weighted by Gasteiger charge is 2.07. The van der Waals surface area contributed by atoms with Crippen molar-refractivity contribution in [1.29, 1.82) is 0 Å². The van der Waals surface area contributed by atoms with Crippen molar-refractivity contribution in [2.24, 2.45) is 0 Å². The zero-order valence-corrected chi connectivity index (χ0v) is 16.6. The quantitative estimate of drug-likeness (QED) is 0.440. The second kappa shape index (κ2) is 8.88. The number of ether oxygens (including phenoxy) is 1. The Morgan fingerprint density at radius 1 is 0.731 bits per heavy atom. The van der Waals surface area contributed by atoms with Crippen LogP contribution in [0.5, 0.6) is 5.75 Å². The highest BCUT2D eigenvalue weighted by Crippen LogP contribution is 2.28. The summed E-state index contributed by atoms with van der Waals surface area (Å²) in [5.41, 5.74) is 2.64. The number of anilines is 1. The molecule has 0 aliphatic heterocycles. The first-order chi connectivity index (χ1) is 12.5. The third-order valence-corrected chi connectivity index (χ3v) is 4.92. The molecule has 0 amide bonds. The smallest absolute Gasteiger partial charge is 0.124 e. The van der Waals surface area contributed by atoms with E-state index in [-0.39, 0.29) is 0 Å². The molecule has 0 saturated heterocycles. The van der Waals surface area contributed by atoms with Gasteiger partial charge in [-0.2, -0.15) is 0 Å². The topological polar surface area (TPSA) is 21.3 Å². The molecule has 0 fully saturated rings. The van der Waals surface area contributed by atoms with Crippen molar-refractivity contribution in [2.75, 3.05) is 5.32 Å². The zero-order chi connectivity index (χ0) is 18.5. The summed E-state index contributed by atoms with van der Waals surface area (Å²) in [6.07, 6.45) is 0. The Labute approximate surface area is 172 Å². The average molecular weight is 427 g/mol. The van der Waals surface area contributed by atoms with E-state index in [1.54, 1.807) is 30.3 Å². The third-order valence-electron chi connectivity index (χ3n) is 3.77. The van der Waals surface area contributed by atoms with Gasteiger partial charge in [0.15, 0.2) is 0 Å². The summed E-state index contributed by atoms with van der Waals surface area (Å²) in [5.74, 6) is 0.768. The first-order valence-corrected chi connectivity index (χ1v) is 9.37. The lowest BCUT2D eigenvalue weighted by molar-refractivity contribution is 0.303. The molecule has 3 aromatic rings. The van der Waals surface area contributed by atoms with Crippen LogP contribution in [0.25, 0.3) is 0 Å². The molecule has 0 aliphatic rings. The molecule has 1 N–H and O–H groups in total. The fourth-order valence-corrected chi connectivity index (χ4v) is 3.23. The number of hydrogen-bond acceptors (Lipinski definition) is 2. The molecule has 3 rings (SSSR count). The van der Waals surface area contributed by atoms with Gasteiger partial charge in [0.1, 0.15) is 12.4 Å². The second-order valence-electron chi connectivity index (χ2n) is 5.61. The Bertz CT molecular complexity index is 914. The molecule has 0 heterocycles. The fourth-order valence-electron chi connectivity index (χ4n) is 2.41. The van der Waals surface area contributed by atoms with E-state index < -0.39 is 0 Å². The first-order valence-electron chi connectivity index (χ1n) is 7.86. The maximum absolute atomic E-state index is 6.21. The molecule has 0 radical (unpaired) electrons. The molecule has 26 heavy (non-hydrogen) atoms. The van der Waals surface area contributed by atoms with E-state index in [0.29, 0.717) is 33.2 Å². The van der Waals surface area contributed by atoms with Crippen molar-refractivity contribution in [3.05, 3.63) is 91.9 Å². The summed E-state index contributed by atoms with van der Waals surface area (Å²) in [6.45, 7) is 0.898. The molecule has 0 aliphatic carbocycles. The van der Waals surface area contributed by atoms with E-state index in [2.05, 4.69) is 5.32 Å². The predicted octanol–water partition coefficient (Wildman–Crippen LogP) is 7.49. The zero-order valence-electron chi connectivity index (χ0n) is 13.6. The van der Waals surface area contributed by atoms with E-state index >= 15 is 0 Å². The number of nitrogens with one attached hydrogen (secondary N) is 1. The van der Waals surface area contributed by atoms with Gasteiger partial charge in [-0.15, -0.1) is 0 Å². The number of halogens is 4. The van der Waals surface area contributed by atoms with Crippen LogP contribution in [0, 0.1) is 0 Å². The van der Waals surface area contributed by atoms with Crippen molar-refractivity contribution in [3.8, 4) is 5.75 Å². The number of para-hydroxylation sites is 1. The summed E-state index contributed by atoms with van der Waals surface area (Å²) < 4.78 is 5.96. The molecule has 134 valence electrons. The summed E-state index contributed by atoms with van der Waals surface area (Å²) in [4.78, 5) is 0. The maximum atomic E-state index is 6.21. The van der Waals surface area contributed by atoms with Gasteiger partial charge in [-0.05, 0) is 36.4 Å². The van der Waals surface area contributed by atoms with Gasteiger partial charge in [-0.25, -0.2) is 0 Å². The molecule has 0 spiro atoms. The minimum Gasteiger partial charge on any atom is -0.488 e. The average Bonchev–Trinajstić information content (AvgIpc) is 2.62. The Kier molecular flexibility index (Phi) is 6.55. The van der Waals surface area contributed by atoms with Gasteiger partial charge < -0.3 is 10.1 Å². The Balaban J connectivity index is 1.70. The van der Waals surface area contributed by atoms with Crippen LogP contribution >= 0.6 is 46.4 Å². The highest BCUT2D eigenvalue weighted by molar-refractivity contribution is 6.35. The fraction of sp³-hybridized carbons (Fsp3) is 0.100. The molecular formula is C20H15Cl4NO. The first kappa shape index (κ1) is 19.2. The highest BCUT2D eigenvalue weighted by atomic mass is 35.5. The van der Waals surface area contributed by atoms with E-state index in [0.717, 1.165) is 22.6 Å². The van der Waals surface area contributed by atoms with Gasteiger partial charge in [-0.3, -0.25) is 0 Å². The molecule has 3 aromatic carbocycles. The Morgan fingerprint density at radius 2 is 1.46 bits per heavy atom. The van der Waals surface area contributed by atoms with Crippen LogP contribution in [-0.2, 0) is 13.2 Å². The van der Waals surface area contributed by atoms with Gasteiger partial charge in [0, 0.05) is 32.7 Å².